The Morgan fingerprint density at radius 1 is 1.11 bits per heavy atom. The van der Waals surface area contributed by atoms with Gasteiger partial charge in [0, 0.05) is 12.0 Å². The van der Waals surface area contributed by atoms with E-state index in [0.29, 0.717) is 24.7 Å². The number of alkyl halides is 3. The Morgan fingerprint density at radius 2 is 1.89 bits per heavy atom. The monoisotopic (exact) mass is 381 g/mol. The highest BCUT2D eigenvalue weighted by atomic mass is 19.4. The van der Waals surface area contributed by atoms with Crippen molar-refractivity contribution in [3.63, 3.8) is 0 Å². The molecule has 0 saturated heterocycles. The van der Waals surface area contributed by atoms with Gasteiger partial charge in [-0.05, 0) is 18.2 Å². The molecule has 3 rings (SSSR count). The molecule has 3 N–H and O–H groups in total. The summed E-state index contributed by atoms with van der Waals surface area (Å²) in [7, 11) is 0. The van der Waals surface area contributed by atoms with Gasteiger partial charge in [0.2, 0.25) is 0 Å². The maximum absolute atomic E-state index is 12.5. The highest BCUT2D eigenvalue weighted by Crippen LogP contribution is 2.34. The Balaban J connectivity index is 1.73. The van der Waals surface area contributed by atoms with Gasteiger partial charge in [-0.3, -0.25) is 0 Å². The summed E-state index contributed by atoms with van der Waals surface area (Å²) in [5.74, 6) is 0.789. The second-order valence-corrected chi connectivity index (χ2v) is 5.67. The maximum Gasteiger partial charge on any atom is 0.573 e. The molecule has 1 aliphatic rings. The Kier molecular flexibility index (Phi) is 5.58. The molecule has 2 aromatic carbocycles. The number of nitrogens with two attached hydrogens (primary N) is 1. The molecule has 27 heavy (non-hydrogen) atoms. The van der Waals surface area contributed by atoms with E-state index in [0.717, 1.165) is 12.0 Å². The van der Waals surface area contributed by atoms with Crippen LogP contribution >= 0.6 is 0 Å². The van der Waals surface area contributed by atoms with Crippen LogP contribution in [0.3, 0.4) is 0 Å². The van der Waals surface area contributed by atoms with Crippen molar-refractivity contribution in [2.45, 2.75) is 19.3 Å². The Hall–Kier alpha value is -3.10. The normalized spacial score (nSPS) is 14.4. The van der Waals surface area contributed by atoms with Gasteiger partial charge in [-0.25, -0.2) is 4.99 Å². The third-order valence-electron chi connectivity index (χ3n) is 3.65. The van der Waals surface area contributed by atoms with Crippen LogP contribution in [0, 0.1) is 0 Å². The Bertz CT molecular complexity index is 825. The standard InChI is InChI=1S/C18H18F3N3O3/c19-18(20,21)27-14-7-2-1-6-13(14)24-17(22)23-11-12-5-3-8-15-16(12)26-10-4-9-25-15/h1-3,5-8H,4,9-11H2,(H3,22,23,24). The van der Waals surface area contributed by atoms with Gasteiger partial charge in [-0.15, -0.1) is 13.2 Å². The predicted octanol–water partition coefficient (Wildman–Crippen LogP) is 3.67. The molecule has 6 nitrogen and oxygen atoms in total. The first kappa shape index (κ1) is 18.7. The number of para-hydroxylation sites is 3. The lowest BCUT2D eigenvalue weighted by Gasteiger charge is -2.14. The molecule has 0 aromatic heterocycles. The van der Waals surface area contributed by atoms with Crippen LogP contribution in [0.5, 0.6) is 17.2 Å². The van der Waals surface area contributed by atoms with Crippen molar-refractivity contribution in [3.05, 3.63) is 48.0 Å². The van der Waals surface area contributed by atoms with Crippen molar-refractivity contribution in [3.8, 4) is 17.2 Å². The van der Waals surface area contributed by atoms with E-state index in [1.165, 1.54) is 18.2 Å². The van der Waals surface area contributed by atoms with E-state index < -0.39 is 12.1 Å². The van der Waals surface area contributed by atoms with E-state index >= 15 is 0 Å². The lowest BCUT2D eigenvalue weighted by molar-refractivity contribution is -0.274. The van der Waals surface area contributed by atoms with Crippen LogP contribution in [0.2, 0.25) is 0 Å². The minimum atomic E-state index is -4.80. The summed E-state index contributed by atoms with van der Waals surface area (Å²) < 4.78 is 52.7. The van der Waals surface area contributed by atoms with Gasteiger partial charge >= 0.3 is 6.36 Å². The molecule has 2 aromatic rings. The number of guanidine groups is 1. The summed E-state index contributed by atoms with van der Waals surface area (Å²) in [4.78, 5) is 4.18. The smallest absolute Gasteiger partial charge is 0.490 e. The molecule has 1 aliphatic heterocycles. The van der Waals surface area contributed by atoms with E-state index in [2.05, 4.69) is 15.0 Å². The van der Waals surface area contributed by atoms with E-state index in [1.54, 1.807) is 12.1 Å². The fourth-order valence-electron chi connectivity index (χ4n) is 2.51. The lowest BCUT2D eigenvalue weighted by atomic mass is 10.2. The first-order chi connectivity index (χ1) is 12.9. The summed E-state index contributed by atoms with van der Waals surface area (Å²) in [5, 5.41) is 2.63. The van der Waals surface area contributed by atoms with Crippen molar-refractivity contribution in [1.29, 1.82) is 0 Å². The Labute approximate surface area is 153 Å². The number of halogens is 3. The molecule has 0 bridgehead atoms. The van der Waals surface area contributed by atoms with Gasteiger partial charge in [-0.1, -0.05) is 24.3 Å². The van der Waals surface area contributed by atoms with Crippen molar-refractivity contribution in [2.75, 3.05) is 18.5 Å². The number of hydrogen-bond acceptors (Lipinski definition) is 4. The molecular weight excluding hydrogens is 363 g/mol. The van der Waals surface area contributed by atoms with E-state index in [1.807, 2.05) is 12.1 Å². The minimum absolute atomic E-state index is 0.0552. The molecule has 0 amide bonds. The number of anilines is 1. The third kappa shape index (κ3) is 5.19. The zero-order valence-electron chi connectivity index (χ0n) is 14.3. The predicted molar refractivity (Wildman–Crippen MR) is 94.1 cm³/mol. The quantitative estimate of drug-likeness (QED) is 0.624. The van der Waals surface area contributed by atoms with Crippen molar-refractivity contribution in [1.82, 2.24) is 0 Å². The molecular formula is C18H18F3N3O3. The topological polar surface area (TPSA) is 78.1 Å². The van der Waals surface area contributed by atoms with Gasteiger partial charge < -0.3 is 25.3 Å². The van der Waals surface area contributed by atoms with Gasteiger partial charge in [0.05, 0.1) is 25.4 Å². The summed E-state index contributed by atoms with van der Waals surface area (Å²) >= 11 is 0. The van der Waals surface area contributed by atoms with E-state index in [4.69, 9.17) is 15.2 Å². The van der Waals surface area contributed by atoms with Gasteiger partial charge in [0.15, 0.2) is 23.2 Å². The van der Waals surface area contributed by atoms with Crippen LogP contribution in [-0.2, 0) is 6.54 Å². The number of benzene rings is 2. The number of nitrogens with zero attached hydrogens (tertiary/aromatic N) is 1. The third-order valence-corrected chi connectivity index (χ3v) is 3.65. The van der Waals surface area contributed by atoms with E-state index in [-0.39, 0.29) is 18.2 Å². The highest BCUT2D eigenvalue weighted by molar-refractivity contribution is 5.93. The molecule has 0 radical (unpaired) electrons. The number of rotatable bonds is 4. The summed E-state index contributed by atoms with van der Waals surface area (Å²) in [5.41, 5.74) is 6.64. The Morgan fingerprint density at radius 3 is 2.70 bits per heavy atom. The molecule has 0 fully saturated rings. The highest BCUT2D eigenvalue weighted by Gasteiger charge is 2.32. The van der Waals surface area contributed by atoms with Crippen LogP contribution < -0.4 is 25.3 Å². The SMILES string of the molecule is NC(=NCc1cccc2c1OCCCO2)Nc1ccccc1OC(F)(F)F. The van der Waals surface area contributed by atoms with Gasteiger partial charge in [0.1, 0.15) is 0 Å². The molecule has 0 saturated carbocycles. The second kappa shape index (κ2) is 8.07. The maximum atomic E-state index is 12.5. The zero-order valence-corrected chi connectivity index (χ0v) is 14.3. The molecule has 0 unspecified atom stereocenters. The number of ether oxygens (including phenoxy) is 3. The van der Waals surface area contributed by atoms with Crippen LogP contribution in [0.1, 0.15) is 12.0 Å². The average molecular weight is 381 g/mol. The molecule has 144 valence electrons. The number of hydrogen-bond donors (Lipinski definition) is 2. The van der Waals surface area contributed by atoms with Crippen LogP contribution in [-0.4, -0.2) is 25.5 Å². The van der Waals surface area contributed by atoms with Crippen molar-refractivity contribution < 1.29 is 27.4 Å². The largest absolute Gasteiger partial charge is 0.573 e. The van der Waals surface area contributed by atoms with Crippen LogP contribution in [0.15, 0.2) is 47.5 Å². The molecule has 9 heteroatoms. The van der Waals surface area contributed by atoms with Crippen molar-refractivity contribution in [2.24, 2.45) is 10.7 Å². The number of nitrogens with one attached hydrogen (secondary N) is 1. The molecule has 1 heterocycles. The average Bonchev–Trinajstić information content (AvgIpc) is 2.86. The van der Waals surface area contributed by atoms with Crippen molar-refractivity contribution >= 4 is 11.6 Å². The minimum Gasteiger partial charge on any atom is -0.490 e. The fraction of sp³-hybridized carbons (Fsp3) is 0.278. The van der Waals surface area contributed by atoms with E-state index in [9.17, 15) is 13.2 Å². The second-order valence-electron chi connectivity index (χ2n) is 5.67. The summed E-state index contributed by atoms with van der Waals surface area (Å²) in [6, 6.07) is 11.0. The summed E-state index contributed by atoms with van der Waals surface area (Å²) in [6.07, 6.45) is -4.03. The van der Waals surface area contributed by atoms with Crippen LogP contribution in [0.25, 0.3) is 0 Å². The fourth-order valence-corrected chi connectivity index (χ4v) is 2.51. The molecule has 0 atom stereocenters. The first-order valence-electron chi connectivity index (χ1n) is 8.21. The lowest BCUT2D eigenvalue weighted by Crippen LogP contribution is -2.24. The first-order valence-corrected chi connectivity index (χ1v) is 8.21. The van der Waals surface area contributed by atoms with Gasteiger partial charge in [-0.2, -0.15) is 0 Å². The number of aliphatic imine (C=N–C) groups is 1. The molecule has 0 aliphatic carbocycles. The number of fused-ring (bicyclic) bond motifs is 1. The summed E-state index contributed by atoms with van der Waals surface area (Å²) in [6.45, 7) is 1.27. The molecule has 0 spiro atoms. The van der Waals surface area contributed by atoms with Gasteiger partial charge in [0.25, 0.3) is 0 Å². The zero-order chi connectivity index (χ0) is 19.3. The van der Waals surface area contributed by atoms with Crippen LogP contribution in [0.4, 0.5) is 18.9 Å².